The Hall–Kier alpha value is -1.42. The molecule has 21 heavy (non-hydrogen) atoms. The van der Waals surface area contributed by atoms with Gasteiger partial charge in [0.15, 0.2) is 5.82 Å². The number of aromatic nitrogens is 2. The number of piperidine rings is 1. The summed E-state index contributed by atoms with van der Waals surface area (Å²) in [5.41, 5.74) is 1.47. The molecule has 4 heteroatoms. The average Bonchev–Trinajstić information content (AvgIpc) is 3.00. The number of nitrogens with zero attached hydrogens (tertiary/aromatic N) is 2. The number of halogens is 1. The van der Waals surface area contributed by atoms with Crippen LogP contribution in [-0.2, 0) is 13.0 Å². The van der Waals surface area contributed by atoms with Gasteiger partial charge in [0.2, 0.25) is 0 Å². The van der Waals surface area contributed by atoms with Gasteiger partial charge in [0.05, 0.1) is 5.52 Å². The molecule has 1 aromatic carbocycles. The minimum Gasteiger partial charge on any atom is -0.328 e. The summed E-state index contributed by atoms with van der Waals surface area (Å²) in [6.45, 7) is 2.97. The summed E-state index contributed by atoms with van der Waals surface area (Å²) < 4.78 is 16.1. The average molecular weight is 287 g/mol. The first-order chi connectivity index (χ1) is 10.2. The summed E-state index contributed by atoms with van der Waals surface area (Å²) in [5.74, 6) is 1.55. The summed E-state index contributed by atoms with van der Waals surface area (Å²) in [6.07, 6.45) is 6.11. The molecule has 2 unspecified atom stereocenters. The molecule has 4 rings (SSSR count). The molecule has 1 N–H and O–H groups in total. The van der Waals surface area contributed by atoms with Crippen molar-refractivity contribution in [2.24, 2.45) is 5.92 Å². The molecule has 3 heterocycles. The molecule has 0 saturated carbocycles. The molecule has 2 aliphatic rings. The highest BCUT2D eigenvalue weighted by Gasteiger charge is 2.34. The maximum absolute atomic E-state index is 13.9. The molecule has 2 atom stereocenters. The van der Waals surface area contributed by atoms with E-state index in [1.165, 1.54) is 31.7 Å². The molecule has 0 spiro atoms. The maximum atomic E-state index is 13.9. The molecule has 2 aliphatic heterocycles. The van der Waals surface area contributed by atoms with E-state index in [0.29, 0.717) is 23.5 Å². The van der Waals surface area contributed by atoms with E-state index >= 15 is 0 Å². The Kier molecular flexibility index (Phi) is 3.21. The van der Waals surface area contributed by atoms with Crippen molar-refractivity contribution in [2.45, 2.75) is 57.7 Å². The minimum atomic E-state index is -0.202. The summed E-state index contributed by atoms with van der Waals surface area (Å²) in [5, 5.41) is 3.68. The van der Waals surface area contributed by atoms with Gasteiger partial charge in [-0.15, -0.1) is 0 Å². The first-order valence-corrected chi connectivity index (χ1v) is 8.14. The highest BCUT2D eigenvalue weighted by Crippen LogP contribution is 2.33. The van der Waals surface area contributed by atoms with Crippen LogP contribution in [0.1, 0.15) is 38.4 Å². The van der Waals surface area contributed by atoms with Gasteiger partial charge >= 0.3 is 0 Å². The van der Waals surface area contributed by atoms with Gasteiger partial charge in [-0.1, -0.05) is 6.07 Å². The van der Waals surface area contributed by atoms with Crippen LogP contribution in [0, 0.1) is 11.7 Å². The Morgan fingerprint density at radius 2 is 2.05 bits per heavy atom. The Bertz CT molecular complexity index is 651. The largest absolute Gasteiger partial charge is 0.328 e. The van der Waals surface area contributed by atoms with Gasteiger partial charge in [-0.25, -0.2) is 9.37 Å². The summed E-state index contributed by atoms with van der Waals surface area (Å²) >= 11 is 0. The van der Waals surface area contributed by atoms with Crippen molar-refractivity contribution in [1.29, 1.82) is 0 Å². The number of aryl methyl sites for hydroxylation is 1. The molecule has 112 valence electrons. The highest BCUT2D eigenvalue weighted by molar-refractivity contribution is 5.76. The predicted molar refractivity (Wildman–Crippen MR) is 81.7 cm³/mol. The molecule has 0 radical (unpaired) electrons. The van der Waals surface area contributed by atoms with Crippen LogP contribution in [0.25, 0.3) is 11.0 Å². The lowest BCUT2D eigenvalue weighted by atomic mass is 9.89. The number of imidazole rings is 1. The third kappa shape index (κ3) is 2.26. The van der Waals surface area contributed by atoms with Crippen molar-refractivity contribution in [3.63, 3.8) is 0 Å². The Balaban J connectivity index is 1.65. The summed E-state index contributed by atoms with van der Waals surface area (Å²) in [6, 6.07) is 6.66. The zero-order chi connectivity index (χ0) is 14.4. The van der Waals surface area contributed by atoms with Crippen LogP contribution in [0.5, 0.6) is 0 Å². The van der Waals surface area contributed by atoms with Crippen molar-refractivity contribution in [3.05, 3.63) is 29.8 Å². The molecular formula is C17H22FN3. The Morgan fingerprint density at radius 3 is 2.76 bits per heavy atom. The van der Waals surface area contributed by atoms with E-state index < -0.39 is 0 Å². The fourth-order valence-electron chi connectivity index (χ4n) is 4.27. The third-order valence-electron chi connectivity index (χ3n) is 5.17. The number of hydrogen-bond acceptors (Lipinski definition) is 2. The van der Waals surface area contributed by atoms with Crippen molar-refractivity contribution in [1.82, 2.24) is 14.9 Å². The topological polar surface area (TPSA) is 29.9 Å². The van der Waals surface area contributed by atoms with Crippen molar-refractivity contribution in [3.8, 4) is 0 Å². The van der Waals surface area contributed by atoms with E-state index in [0.717, 1.165) is 24.3 Å². The van der Waals surface area contributed by atoms with Gasteiger partial charge in [-0.2, -0.15) is 0 Å². The number of hydrogen-bond donors (Lipinski definition) is 1. The second-order valence-corrected chi connectivity index (χ2v) is 6.56. The molecular weight excluding hydrogens is 265 g/mol. The molecule has 2 fully saturated rings. The van der Waals surface area contributed by atoms with Crippen LogP contribution >= 0.6 is 0 Å². The fraction of sp³-hybridized carbons (Fsp3) is 0.588. The molecule has 2 saturated heterocycles. The zero-order valence-corrected chi connectivity index (χ0v) is 12.5. The van der Waals surface area contributed by atoms with Gasteiger partial charge in [0.1, 0.15) is 11.3 Å². The first kappa shape index (κ1) is 13.3. The van der Waals surface area contributed by atoms with E-state index in [9.17, 15) is 4.39 Å². The predicted octanol–water partition coefficient (Wildman–Crippen LogP) is 3.27. The quantitative estimate of drug-likeness (QED) is 0.939. The van der Waals surface area contributed by atoms with Crippen LogP contribution in [-0.4, -0.2) is 21.6 Å². The van der Waals surface area contributed by atoms with Gasteiger partial charge in [-0.05, 0) is 50.7 Å². The Labute approximate surface area is 124 Å². The van der Waals surface area contributed by atoms with Gasteiger partial charge < -0.3 is 9.88 Å². The molecule has 0 amide bonds. The third-order valence-corrected chi connectivity index (χ3v) is 5.17. The summed E-state index contributed by atoms with van der Waals surface area (Å²) in [7, 11) is 0. The monoisotopic (exact) mass is 287 g/mol. The lowest BCUT2D eigenvalue weighted by molar-refractivity contribution is 0.293. The van der Waals surface area contributed by atoms with E-state index in [-0.39, 0.29) is 5.82 Å². The van der Waals surface area contributed by atoms with Crippen LogP contribution in [0.4, 0.5) is 4.39 Å². The van der Waals surface area contributed by atoms with E-state index in [4.69, 9.17) is 0 Å². The smallest absolute Gasteiger partial charge is 0.151 e. The fourth-order valence-corrected chi connectivity index (χ4v) is 4.27. The minimum absolute atomic E-state index is 0.202. The van der Waals surface area contributed by atoms with Gasteiger partial charge in [0, 0.05) is 25.0 Å². The van der Waals surface area contributed by atoms with Crippen LogP contribution in [0.3, 0.4) is 0 Å². The molecule has 1 aromatic heterocycles. The number of para-hydroxylation sites is 1. The number of benzene rings is 1. The van der Waals surface area contributed by atoms with Gasteiger partial charge in [-0.3, -0.25) is 0 Å². The zero-order valence-electron chi connectivity index (χ0n) is 12.5. The standard InChI is InChI=1S/C17H22FN3/c1-2-21-15-5-3-4-14(18)17(15)20-16(21)10-11-8-12-6-7-13(9-11)19-12/h3-5,11-13,19H,2,6-10H2,1H3. The molecule has 3 nitrogen and oxygen atoms in total. The highest BCUT2D eigenvalue weighted by atomic mass is 19.1. The molecule has 0 aliphatic carbocycles. The maximum Gasteiger partial charge on any atom is 0.151 e. The van der Waals surface area contributed by atoms with Crippen LogP contribution in [0.2, 0.25) is 0 Å². The van der Waals surface area contributed by atoms with Crippen molar-refractivity contribution in [2.75, 3.05) is 0 Å². The lowest BCUT2D eigenvalue weighted by Crippen LogP contribution is -2.38. The van der Waals surface area contributed by atoms with E-state index in [1.54, 1.807) is 6.07 Å². The first-order valence-electron chi connectivity index (χ1n) is 8.14. The lowest BCUT2D eigenvalue weighted by Gasteiger charge is -2.29. The molecule has 2 bridgehead atoms. The van der Waals surface area contributed by atoms with E-state index in [2.05, 4.69) is 21.8 Å². The SMILES string of the molecule is CCn1c(CC2CC3CCC(C2)N3)nc2c(F)cccc21. The summed E-state index contributed by atoms with van der Waals surface area (Å²) in [4.78, 5) is 4.62. The van der Waals surface area contributed by atoms with Crippen molar-refractivity contribution >= 4 is 11.0 Å². The second-order valence-electron chi connectivity index (χ2n) is 6.56. The Morgan fingerprint density at radius 1 is 1.29 bits per heavy atom. The van der Waals surface area contributed by atoms with Crippen molar-refractivity contribution < 1.29 is 4.39 Å². The normalized spacial score (nSPS) is 28.4. The molecule has 2 aromatic rings. The van der Waals surface area contributed by atoms with Crippen LogP contribution in [0.15, 0.2) is 18.2 Å². The van der Waals surface area contributed by atoms with Crippen LogP contribution < -0.4 is 5.32 Å². The number of rotatable bonds is 3. The van der Waals surface area contributed by atoms with Gasteiger partial charge in [0.25, 0.3) is 0 Å². The number of nitrogens with one attached hydrogen (secondary N) is 1. The van der Waals surface area contributed by atoms with E-state index in [1.807, 2.05) is 6.07 Å². The number of fused-ring (bicyclic) bond motifs is 3. The second kappa shape index (κ2) is 5.09.